The van der Waals surface area contributed by atoms with Crippen LogP contribution in [-0.4, -0.2) is 45.9 Å². The van der Waals surface area contributed by atoms with Gasteiger partial charge in [-0.05, 0) is 30.4 Å². The summed E-state index contributed by atoms with van der Waals surface area (Å²) in [6.45, 7) is 2.68. The van der Waals surface area contributed by atoms with Gasteiger partial charge in [-0.15, -0.1) is 0 Å². The van der Waals surface area contributed by atoms with Gasteiger partial charge in [-0.25, -0.2) is 0 Å². The number of piperidine rings is 1. The Hall–Kier alpha value is -1.88. The van der Waals surface area contributed by atoms with Crippen LogP contribution in [0.25, 0.3) is 0 Å². The average molecular weight is 302 g/mol. The molecule has 0 saturated carbocycles. The first-order chi connectivity index (χ1) is 10.6. The predicted octanol–water partition coefficient (Wildman–Crippen LogP) is 1.86. The number of amides is 1. The Balaban J connectivity index is 1.60. The number of fused-ring (bicyclic) bond motifs is 1. The van der Waals surface area contributed by atoms with Crippen LogP contribution in [0.4, 0.5) is 0 Å². The lowest BCUT2D eigenvalue weighted by molar-refractivity contribution is -0.142. The lowest BCUT2D eigenvalue weighted by atomic mass is 9.99. The van der Waals surface area contributed by atoms with E-state index in [1.165, 1.54) is 11.1 Å². The molecule has 5 nitrogen and oxygen atoms in total. The second kappa shape index (κ2) is 6.48. The Morgan fingerprint density at radius 1 is 1.14 bits per heavy atom. The number of aliphatic carboxylic acids is 1. The average Bonchev–Trinajstić information content (AvgIpc) is 2.89. The molecule has 0 aromatic heterocycles. The van der Waals surface area contributed by atoms with Crippen LogP contribution in [0.3, 0.4) is 0 Å². The summed E-state index contributed by atoms with van der Waals surface area (Å²) in [5.74, 6) is -0.753. The predicted molar refractivity (Wildman–Crippen MR) is 82.2 cm³/mol. The molecule has 2 aliphatic rings. The number of likely N-dealkylation sites (tertiary alicyclic amines) is 1. The number of hydrogen-bond acceptors (Lipinski definition) is 3. The molecule has 1 unspecified atom stereocenters. The second-order valence-electron chi connectivity index (χ2n) is 6.25. The van der Waals surface area contributed by atoms with Crippen LogP contribution in [0.15, 0.2) is 24.3 Å². The van der Waals surface area contributed by atoms with Gasteiger partial charge >= 0.3 is 5.97 Å². The van der Waals surface area contributed by atoms with E-state index in [0.29, 0.717) is 13.1 Å². The Kier molecular flexibility index (Phi) is 4.43. The van der Waals surface area contributed by atoms with Crippen LogP contribution in [0, 0.1) is 0 Å². The minimum Gasteiger partial charge on any atom is -0.481 e. The normalized spacial score (nSPS) is 21.6. The molecule has 1 aromatic carbocycles. The van der Waals surface area contributed by atoms with Gasteiger partial charge in [-0.3, -0.25) is 14.5 Å². The molecule has 1 amide bonds. The molecule has 22 heavy (non-hydrogen) atoms. The van der Waals surface area contributed by atoms with E-state index in [4.69, 9.17) is 5.11 Å². The number of carbonyl (C=O) groups is 2. The SMILES string of the molecule is O=C(O)CC1CCCCN1C(=O)CN1Cc2ccccc2C1. The Bertz CT molecular complexity index is 548. The monoisotopic (exact) mass is 302 g/mol. The van der Waals surface area contributed by atoms with Crippen molar-refractivity contribution in [2.75, 3.05) is 13.1 Å². The number of carboxylic acids is 1. The summed E-state index contributed by atoms with van der Waals surface area (Å²) in [6.07, 6.45) is 2.85. The highest BCUT2D eigenvalue weighted by Crippen LogP contribution is 2.24. The zero-order valence-electron chi connectivity index (χ0n) is 12.7. The van der Waals surface area contributed by atoms with Gasteiger partial charge in [0.25, 0.3) is 0 Å². The van der Waals surface area contributed by atoms with Gasteiger partial charge in [0.2, 0.25) is 5.91 Å². The van der Waals surface area contributed by atoms with E-state index in [-0.39, 0.29) is 18.4 Å². The molecule has 118 valence electrons. The molecule has 2 heterocycles. The summed E-state index contributed by atoms with van der Waals surface area (Å²) in [5, 5.41) is 9.02. The van der Waals surface area contributed by atoms with Crippen molar-refractivity contribution in [3.8, 4) is 0 Å². The van der Waals surface area contributed by atoms with E-state index in [0.717, 1.165) is 32.4 Å². The maximum absolute atomic E-state index is 12.6. The van der Waals surface area contributed by atoms with Crippen molar-refractivity contribution in [2.45, 2.75) is 44.8 Å². The Labute approximate surface area is 130 Å². The number of nitrogens with zero attached hydrogens (tertiary/aromatic N) is 2. The van der Waals surface area contributed by atoms with Gasteiger partial charge in [0.15, 0.2) is 0 Å². The summed E-state index contributed by atoms with van der Waals surface area (Å²) in [6, 6.07) is 8.13. The van der Waals surface area contributed by atoms with Crippen LogP contribution in [0.2, 0.25) is 0 Å². The van der Waals surface area contributed by atoms with Crippen molar-refractivity contribution in [3.63, 3.8) is 0 Å². The fourth-order valence-electron chi connectivity index (χ4n) is 3.54. The second-order valence-corrected chi connectivity index (χ2v) is 6.25. The third-order valence-electron chi connectivity index (χ3n) is 4.62. The quantitative estimate of drug-likeness (QED) is 0.922. The molecule has 1 saturated heterocycles. The van der Waals surface area contributed by atoms with E-state index >= 15 is 0 Å². The number of carboxylic acid groups (broad SMARTS) is 1. The summed E-state index contributed by atoms with van der Waals surface area (Å²) in [4.78, 5) is 27.5. The molecule has 0 aliphatic carbocycles. The molecule has 3 rings (SSSR count). The molecular weight excluding hydrogens is 280 g/mol. The topological polar surface area (TPSA) is 60.9 Å². The van der Waals surface area contributed by atoms with Crippen LogP contribution < -0.4 is 0 Å². The lowest BCUT2D eigenvalue weighted by Gasteiger charge is -2.36. The molecule has 0 spiro atoms. The van der Waals surface area contributed by atoms with Crippen LogP contribution in [-0.2, 0) is 22.7 Å². The summed E-state index contributed by atoms with van der Waals surface area (Å²) in [7, 11) is 0. The van der Waals surface area contributed by atoms with E-state index in [1.807, 2.05) is 12.1 Å². The van der Waals surface area contributed by atoms with Crippen molar-refractivity contribution in [3.05, 3.63) is 35.4 Å². The number of carbonyl (C=O) groups excluding carboxylic acids is 1. The van der Waals surface area contributed by atoms with Gasteiger partial charge in [0, 0.05) is 25.7 Å². The van der Waals surface area contributed by atoms with Gasteiger partial charge < -0.3 is 10.0 Å². The molecule has 1 atom stereocenters. The summed E-state index contributed by atoms with van der Waals surface area (Å²) >= 11 is 0. The fourth-order valence-corrected chi connectivity index (χ4v) is 3.54. The maximum atomic E-state index is 12.6. The molecule has 1 aromatic rings. The Morgan fingerprint density at radius 2 is 1.82 bits per heavy atom. The molecule has 5 heteroatoms. The van der Waals surface area contributed by atoms with Crippen molar-refractivity contribution < 1.29 is 14.7 Å². The van der Waals surface area contributed by atoms with Gasteiger partial charge in [0.1, 0.15) is 0 Å². The molecule has 0 bridgehead atoms. The minimum absolute atomic E-state index is 0.0615. The zero-order valence-corrected chi connectivity index (χ0v) is 12.7. The van der Waals surface area contributed by atoms with Crippen molar-refractivity contribution in [2.24, 2.45) is 0 Å². The molecule has 0 radical (unpaired) electrons. The summed E-state index contributed by atoms with van der Waals surface area (Å²) < 4.78 is 0. The first-order valence-corrected chi connectivity index (χ1v) is 7.94. The van der Waals surface area contributed by atoms with E-state index in [2.05, 4.69) is 17.0 Å². The van der Waals surface area contributed by atoms with Crippen molar-refractivity contribution in [1.29, 1.82) is 0 Å². The molecule has 2 aliphatic heterocycles. The molecule has 1 N–H and O–H groups in total. The maximum Gasteiger partial charge on any atom is 0.305 e. The molecule has 1 fully saturated rings. The van der Waals surface area contributed by atoms with Crippen molar-refractivity contribution in [1.82, 2.24) is 9.80 Å². The van der Waals surface area contributed by atoms with Crippen molar-refractivity contribution >= 4 is 11.9 Å². The largest absolute Gasteiger partial charge is 0.481 e. The third kappa shape index (κ3) is 3.30. The number of benzene rings is 1. The first-order valence-electron chi connectivity index (χ1n) is 7.94. The lowest BCUT2D eigenvalue weighted by Crippen LogP contribution is -2.48. The minimum atomic E-state index is -0.821. The number of rotatable bonds is 4. The van der Waals surface area contributed by atoms with Gasteiger partial charge in [-0.1, -0.05) is 24.3 Å². The molecular formula is C17H22N2O3. The van der Waals surface area contributed by atoms with Crippen LogP contribution >= 0.6 is 0 Å². The smallest absolute Gasteiger partial charge is 0.305 e. The van der Waals surface area contributed by atoms with E-state index < -0.39 is 5.97 Å². The van der Waals surface area contributed by atoms with Crippen LogP contribution in [0.1, 0.15) is 36.8 Å². The van der Waals surface area contributed by atoms with Gasteiger partial charge in [0.05, 0.1) is 13.0 Å². The third-order valence-corrected chi connectivity index (χ3v) is 4.62. The summed E-state index contributed by atoms with van der Waals surface area (Å²) in [5.41, 5.74) is 2.58. The highest BCUT2D eigenvalue weighted by Gasteiger charge is 2.30. The fraction of sp³-hybridized carbons (Fsp3) is 0.529. The number of hydrogen-bond donors (Lipinski definition) is 1. The van der Waals surface area contributed by atoms with E-state index in [1.54, 1.807) is 4.90 Å². The van der Waals surface area contributed by atoms with Gasteiger partial charge in [-0.2, -0.15) is 0 Å². The highest BCUT2D eigenvalue weighted by atomic mass is 16.4. The highest BCUT2D eigenvalue weighted by molar-refractivity contribution is 5.79. The Morgan fingerprint density at radius 3 is 2.45 bits per heavy atom. The first kappa shape index (κ1) is 15.0. The standard InChI is InChI=1S/C17H22N2O3/c20-16(19-8-4-3-7-15(19)9-17(21)22)12-18-10-13-5-1-2-6-14(13)11-18/h1-2,5-6,15H,3-4,7-12H2,(H,21,22). The zero-order chi connectivity index (χ0) is 15.5. The van der Waals surface area contributed by atoms with Crippen LogP contribution in [0.5, 0.6) is 0 Å². The van der Waals surface area contributed by atoms with E-state index in [9.17, 15) is 9.59 Å².